The molecule has 2 aromatic heterocycles. The molecule has 0 unspecified atom stereocenters. The Morgan fingerprint density at radius 2 is 1.83 bits per heavy atom. The number of nitrogens with zero attached hydrogens (tertiary/aromatic N) is 1. The summed E-state index contributed by atoms with van der Waals surface area (Å²) in [4.78, 5) is 30.7. The number of primary amides is 1. The van der Waals surface area contributed by atoms with Gasteiger partial charge in [-0.25, -0.2) is 4.98 Å². The van der Waals surface area contributed by atoms with Gasteiger partial charge in [0.15, 0.2) is 0 Å². The van der Waals surface area contributed by atoms with Crippen LogP contribution in [0.3, 0.4) is 0 Å². The fourth-order valence-electron chi connectivity index (χ4n) is 3.44. The zero-order valence-corrected chi connectivity index (χ0v) is 18.3. The van der Waals surface area contributed by atoms with Crippen LogP contribution in [0.4, 0.5) is 5.00 Å². The van der Waals surface area contributed by atoms with Crippen LogP contribution in [0, 0.1) is 13.8 Å². The summed E-state index contributed by atoms with van der Waals surface area (Å²) >= 11 is 2.91. The molecule has 0 aliphatic carbocycles. The maximum absolute atomic E-state index is 12.6. The third-order valence-electron chi connectivity index (χ3n) is 4.85. The van der Waals surface area contributed by atoms with Gasteiger partial charge in [0.1, 0.15) is 5.00 Å². The number of thiophene rings is 1. The quantitative estimate of drug-likeness (QED) is 0.454. The smallest absolute Gasteiger partial charge is 0.251 e. The molecule has 0 saturated carbocycles. The number of nitrogens with one attached hydrogen (secondary N) is 1. The van der Waals surface area contributed by atoms with Gasteiger partial charge in [0.25, 0.3) is 5.91 Å². The summed E-state index contributed by atoms with van der Waals surface area (Å²) in [5, 5.41) is 6.74. The highest BCUT2D eigenvalue weighted by molar-refractivity contribution is 7.16. The molecular formula is C23H21N3O2S2. The number of amides is 2. The van der Waals surface area contributed by atoms with Gasteiger partial charge in [-0.05, 0) is 36.2 Å². The second-order valence-corrected chi connectivity index (χ2v) is 9.54. The first kappa shape index (κ1) is 20.3. The average Bonchev–Trinajstić information content (AvgIpc) is 3.24. The molecule has 0 atom stereocenters. The fraction of sp³-hybridized carbons (Fsp3) is 0.174. The molecular weight excluding hydrogens is 414 g/mol. The van der Waals surface area contributed by atoms with E-state index in [1.807, 2.05) is 26.0 Å². The van der Waals surface area contributed by atoms with E-state index in [0.29, 0.717) is 10.6 Å². The van der Waals surface area contributed by atoms with Crippen LogP contribution >= 0.6 is 22.7 Å². The van der Waals surface area contributed by atoms with E-state index in [2.05, 4.69) is 40.6 Å². The molecule has 4 rings (SSSR count). The highest BCUT2D eigenvalue weighted by Gasteiger charge is 2.17. The minimum absolute atomic E-state index is 0.178. The van der Waals surface area contributed by atoms with Crippen molar-refractivity contribution in [2.75, 3.05) is 5.32 Å². The molecule has 0 saturated heterocycles. The van der Waals surface area contributed by atoms with Gasteiger partial charge in [-0.15, -0.1) is 22.7 Å². The Labute approximate surface area is 182 Å². The molecule has 3 N–H and O–H groups in total. The first-order valence-corrected chi connectivity index (χ1v) is 11.2. The number of nitrogens with two attached hydrogens (primary N) is 1. The number of hydrogen-bond donors (Lipinski definition) is 2. The summed E-state index contributed by atoms with van der Waals surface area (Å²) in [7, 11) is 0. The number of fused-ring (bicyclic) bond motifs is 1. The van der Waals surface area contributed by atoms with E-state index in [9.17, 15) is 9.59 Å². The molecule has 2 heterocycles. The Kier molecular flexibility index (Phi) is 5.65. The average molecular weight is 436 g/mol. The number of thiazole rings is 1. The van der Waals surface area contributed by atoms with Crippen molar-refractivity contribution in [1.82, 2.24) is 4.98 Å². The number of anilines is 1. The summed E-state index contributed by atoms with van der Waals surface area (Å²) in [6.07, 6.45) is 0.943. The van der Waals surface area contributed by atoms with Crippen LogP contribution in [-0.4, -0.2) is 16.8 Å². The van der Waals surface area contributed by atoms with Gasteiger partial charge in [0.2, 0.25) is 5.91 Å². The molecule has 7 heteroatoms. The van der Waals surface area contributed by atoms with Crippen LogP contribution in [0.5, 0.6) is 0 Å². The second-order valence-electron chi connectivity index (χ2n) is 7.12. The lowest BCUT2D eigenvalue weighted by molar-refractivity contribution is -0.115. The first-order chi connectivity index (χ1) is 14.4. The summed E-state index contributed by atoms with van der Waals surface area (Å²) in [6, 6.07) is 16.3. The van der Waals surface area contributed by atoms with E-state index in [0.717, 1.165) is 26.9 Å². The molecule has 0 aliphatic rings. The van der Waals surface area contributed by atoms with Crippen LogP contribution in [0.15, 0.2) is 48.5 Å². The highest BCUT2D eigenvalue weighted by Crippen LogP contribution is 2.29. The molecule has 0 aliphatic heterocycles. The summed E-state index contributed by atoms with van der Waals surface area (Å²) in [5.41, 5.74) is 7.84. The molecule has 152 valence electrons. The van der Waals surface area contributed by atoms with Gasteiger partial charge in [-0.2, -0.15) is 0 Å². The molecule has 2 aromatic carbocycles. The second kappa shape index (κ2) is 8.38. The predicted octanol–water partition coefficient (Wildman–Crippen LogP) is 4.85. The predicted molar refractivity (Wildman–Crippen MR) is 124 cm³/mol. The lowest BCUT2D eigenvalue weighted by atomic mass is 10.0. The van der Waals surface area contributed by atoms with Crippen molar-refractivity contribution in [3.63, 3.8) is 0 Å². The van der Waals surface area contributed by atoms with Crippen molar-refractivity contribution in [2.45, 2.75) is 26.7 Å². The van der Waals surface area contributed by atoms with E-state index in [4.69, 9.17) is 5.73 Å². The molecule has 30 heavy (non-hydrogen) atoms. The molecule has 5 nitrogen and oxygen atoms in total. The minimum atomic E-state index is -0.541. The van der Waals surface area contributed by atoms with Gasteiger partial charge in [-0.1, -0.05) is 42.5 Å². The largest absolute Gasteiger partial charge is 0.366 e. The third-order valence-corrected chi connectivity index (χ3v) is 6.98. The minimum Gasteiger partial charge on any atom is -0.366 e. The molecule has 2 amide bonds. The van der Waals surface area contributed by atoms with E-state index in [1.54, 1.807) is 17.4 Å². The normalized spacial score (nSPS) is 11.0. The SMILES string of the molecule is Cc1cc(C(N)=O)c(NC(=O)Cc2sc(Cc3cccc4ccccc34)nc2C)s1. The summed E-state index contributed by atoms with van der Waals surface area (Å²) in [6.45, 7) is 3.80. The lowest BCUT2D eigenvalue weighted by Gasteiger charge is -2.04. The van der Waals surface area contributed by atoms with E-state index in [-0.39, 0.29) is 12.3 Å². The lowest BCUT2D eigenvalue weighted by Crippen LogP contribution is -2.17. The zero-order chi connectivity index (χ0) is 21.3. The standard InChI is InChI=1S/C23H21N3O2S2/c1-13-10-18(22(24)28)23(29-13)26-20(27)12-19-14(2)25-21(30-19)11-16-8-5-7-15-6-3-4-9-17(15)16/h3-10H,11-12H2,1-2H3,(H2,24,28)(H,26,27). The highest BCUT2D eigenvalue weighted by atomic mass is 32.1. The van der Waals surface area contributed by atoms with Crippen molar-refractivity contribution in [3.8, 4) is 0 Å². The number of hydrogen-bond acceptors (Lipinski definition) is 5. The number of aryl methyl sites for hydroxylation is 2. The van der Waals surface area contributed by atoms with Crippen LogP contribution < -0.4 is 11.1 Å². The van der Waals surface area contributed by atoms with Crippen LogP contribution in [0.25, 0.3) is 10.8 Å². The van der Waals surface area contributed by atoms with E-state index >= 15 is 0 Å². The van der Waals surface area contributed by atoms with Crippen LogP contribution in [0.1, 0.15) is 36.4 Å². The third kappa shape index (κ3) is 4.27. The number of aromatic nitrogens is 1. The number of benzene rings is 2. The fourth-order valence-corrected chi connectivity index (χ4v) is 5.47. The molecule has 4 aromatic rings. The Bertz CT molecular complexity index is 1250. The molecule has 0 radical (unpaired) electrons. The van der Waals surface area contributed by atoms with Crippen molar-refractivity contribution in [2.24, 2.45) is 5.73 Å². The monoisotopic (exact) mass is 435 g/mol. The van der Waals surface area contributed by atoms with E-state index < -0.39 is 5.91 Å². The van der Waals surface area contributed by atoms with Gasteiger partial charge in [0.05, 0.1) is 22.7 Å². The number of carbonyl (C=O) groups is 2. The van der Waals surface area contributed by atoms with Gasteiger partial charge >= 0.3 is 0 Å². The van der Waals surface area contributed by atoms with Crippen molar-refractivity contribution in [3.05, 3.63) is 80.1 Å². The van der Waals surface area contributed by atoms with Gasteiger partial charge in [-0.3, -0.25) is 9.59 Å². The molecule has 0 fully saturated rings. The van der Waals surface area contributed by atoms with Crippen LogP contribution in [0.2, 0.25) is 0 Å². The molecule has 0 spiro atoms. The Morgan fingerprint density at radius 1 is 1.07 bits per heavy atom. The van der Waals surface area contributed by atoms with Crippen molar-refractivity contribution in [1.29, 1.82) is 0 Å². The Morgan fingerprint density at radius 3 is 2.63 bits per heavy atom. The maximum Gasteiger partial charge on any atom is 0.251 e. The van der Waals surface area contributed by atoms with Gasteiger partial charge < -0.3 is 11.1 Å². The zero-order valence-electron chi connectivity index (χ0n) is 16.7. The van der Waals surface area contributed by atoms with E-state index in [1.165, 1.54) is 27.7 Å². The number of rotatable bonds is 6. The molecule has 0 bridgehead atoms. The first-order valence-electron chi connectivity index (χ1n) is 9.52. The summed E-state index contributed by atoms with van der Waals surface area (Å²) < 4.78 is 0. The topological polar surface area (TPSA) is 85.1 Å². The van der Waals surface area contributed by atoms with Crippen LogP contribution in [-0.2, 0) is 17.6 Å². The maximum atomic E-state index is 12.6. The Balaban J connectivity index is 1.50. The number of carbonyl (C=O) groups excluding carboxylic acids is 2. The Hall–Kier alpha value is -3.03. The van der Waals surface area contributed by atoms with Crippen molar-refractivity contribution >= 4 is 50.3 Å². The summed E-state index contributed by atoms with van der Waals surface area (Å²) in [5.74, 6) is -0.719. The van der Waals surface area contributed by atoms with Gasteiger partial charge in [0, 0.05) is 16.2 Å². The van der Waals surface area contributed by atoms with Crippen molar-refractivity contribution < 1.29 is 9.59 Å².